The molecule has 1 aliphatic rings. The quantitative estimate of drug-likeness (QED) is 0.595. The molecule has 1 aromatic carbocycles. The lowest BCUT2D eigenvalue weighted by atomic mass is 10.1. The standard InChI is InChI=1S/C18H19F3N4O2/c1-13(14-3-2-6-22-12-14)23-7-9-24(10-8-23)17-5-4-15(25(26)27)11-16(17)18(19,20)21/h2-6,11-13H,7-10H2,1H3. The Morgan fingerprint density at radius 1 is 1.19 bits per heavy atom. The first kappa shape index (κ1) is 19.1. The third kappa shape index (κ3) is 4.19. The fourth-order valence-corrected chi connectivity index (χ4v) is 3.32. The summed E-state index contributed by atoms with van der Waals surface area (Å²) >= 11 is 0. The molecule has 0 bridgehead atoms. The van der Waals surface area contributed by atoms with Crippen molar-refractivity contribution in [2.75, 3.05) is 31.1 Å². The number of hydrogen-bond donors (Lipinski definition) is 0. The van der Waals surface area contributed by atoms with Crippen LogP contribution in [0.3, 0.4) is 0 Å². The van der Waals surface area contributed by atoms with Crippen LogP contribution in [0.25, 0.3) is 0 Å². The predicted molar refractivity (Wildman–Crippen MR) is 94.5 cm³/mol. The van der Waals surface area contributed by atoms with Crippen molar-refractivity contribution in [2.45, 2.75) is 19.1 Å². The van der Waals surface area contributed by atoms with Crippen molar-refractivity contribution in [1.82, 2.24) is 9.88 Å². The lowest BCUT2D eigenvalue weighted by molar-refractivity contribution is -0.385. The van der Waals surface area contributed by atoms with E-state index in [0.29, 0.717) is 32.2 Å². The van der Waals surface area contributed by atoms with Crippen molar-refractivity contribution in [2.24, 2.45) is 0 Å². The molecule has 1 unspecified atom stereocenters. The van der Waals surface area contributed by atoms with Gasteiger partial charge in [-0.05, 0) is 24.6 Å². The van der Waals surface area contributed by atoms with Gasteiger partial charge in [-0.3, -0.25) is 20.0 Å². The number of aromatic nitrogens is 1. The summed E-state index contributed by atoms with van der Waals surface area (Å²) in [7, 11) is 0. The highest BCUT2D eigenvalue weighted by Gasteiger charge is 2.37. The number of benzene rings is 1. The monoisotopic (exact) mass is 380 g/mol. The molecule has 0 spiro atoms. The highest BCUT2D eigenvalue weighted by Crippen LogP contribution is 2.39. The van der Waals surface area contributed by atoms with E-state index in [-0.39, 0.29) is 11.7 Å². The maximum atomic E-state index is 13.4. The van der Waals surface area contributed by atoms with Crippen LogP contribution in [0, 0.1) is 10.1 Å². The zero-order valence-electron chi connectivity index (χ0n) is 14.7. The van der Waals surface area contributed by atoms with Crippen LogP contribution >= 0.6 is 0 Å². The predicted octanol–water partition coefficient (Wildman–Crippen LogP) is 3.89. The minimum Gasteiger partial charge on any atom is -0.368 e. The summed E-state index contributed by atoms with van der Waals surface area (Å²) in [5, 5.41) is 10.8. The summed E-state index contributed by atoms with van der Waals surface area (Å²) in [6.45, 7) is 4.03. The Labute approximate surface area is 154 Å². The fourth-order valence-electron chi connectivity index (χ4n) is 3.32. The highest BCUT2D eigenvalue weighted by atomic mass is 19.4. The molecule has 6 nitrogen and oxygen atoms in total. The minimum absolute atomic E-state index is 0.0122. The second-order valence-electron chi connectivity index (χ2n) is 6.44. The van der Waals surface area contributed by atoms with E-state index < -0.39 is 22.4 Å². The van der Waals surface area contributed by atoms with Crippen LogP contribution in [0.2, 0.25) is 0 Å². The largest absolute Gasteiger partial charge is 0.418 e. The van der Waals surface area contributed by atoms with Gasteiger partial charge in [0.25, 0.3) is 5.69 Å². The number of anilines is 1. The number of nitro benzene ring substituents is 1. The smallest absolute Gasteiger partial charge is 0.368 e. The Hall–Kier alpha value is -2.68. The summed E-state index contributed by atoms with van der Waals surface area (Å²) in [6, 6.07) is 6.87. The van der Waals surface area contributed by atoms with Gasteiger partial charge in [0.15, 0.2) is 0 Å². The Morgan fingerprint density at radius 2 is 1.89 bits per heavy atom. The van der Waals surface area contributed by atoms with Gasteiger partial charge in [0.05, 0.1) is 10.5 Å². The lowest BCUT2D eigenvalue weighted by Crippen LogP contribution is -2.47. The molecule has 1 aliphatic heterocycles. The molecule has 1 fully saturated rings. The molecule has 1 atom stereocenters. The number of non-ortho nitro benzene ring substituents is 1. The summed E-state index contributed by atoms with van der Waals surface area (Å²) in [5.74, 6) is 0. The van der Waals surface area contributed by atoms with Gasteiger partial charge in [-0.2, -0.15) is 13.2 Å². The van der Waals surface area contributed by atoms with Gasteiger partial charge in [-0.1, -0.05) is 6.07 Å². The van der Waals surface area contributed by atoms with E-state index in [1.165, 1.54) is 6.07 Å². The van der Waals surface area contributed by atoms with Crippen LogP contribution in [-0.2, 0) is 6.18 Å². The highest BCUT2D eigenvalue weighted by molar-refractivity contribution is 5.59. The molecule has 3 rings (SSSR count). The molecule has 144 valence electrons. The maximum absolute atomic E-state index is 13.4. The molecule has 27 heavy (non-hydrogen) atoms. The summed E-state index contributed by atoms with van der Waals surface area (Å²) < 4.78 is 40.2. The van der Waals surface area contributed by atoms with Crippen LogP contribution in [0.4, 0.5) is 24.5 Å². The van der Waals surface area contributed by atoms with Crippen LogP contribution < -0.4 is 4.90 Å². The number of pyridine rings is 1. The van der Waals surface area contributed by atoms with Gasteiger partial charge in [-0.25, -0.2) is 0 Å². The Morgan fingerprint density at radius 3 is 2.44 bits per heavy atom. The normalized spacial score (nSPS) is 17.0. The molecular weight excluding hydrogens is 361 g/mol. The van der Waals surface area contributed by atoms with E-state index >= 15 is 0 Å². The van der Waals surface area contributed by atoms with Crippen molar-refractivity contribution < 1.29 is 18.1 Å². The van der Waals surface area contributed by atoms with Gasteiger partial charge in [-0.15, -0.1) is 0 Å². The van der Waals surface area contributed by atoms with Crippen molar-refractivity contribution in [3.63, 3.8) is 0 Å². The average Bonchev–Trinajstić information content (AvgIpc) is 2.67. The molecule has 0 amide bonds. The first-order chi connectivity index (χ1) is 12.8. The second-order valence-corrected chi connectivity index (χ2v) is 6.44. The number of nitrogens with zero attached hydrogens (tertiary/aromatic N) is 4. The first-order valence-corrected chi connectivity index (χ1v) is 8.52. The van der Waals surface area contributed by atoms with Gasteiger partial charge in [0.2, 0.25) is 0 Å². The third-order valence-electron chi connectivity index (χ3n) is 4.87. The van der Waals surface area contributed by atoms with Crippen LogP contribution in [0.5, 0.6) is 0 Å². The lowest BCUT2D eigenvalue weighted by Gasteiger charge is -2.39. The van der Waals surface area contributed by atoms with Crippen molar-refractivity contribution in [1.29, 1.82) is 0 Å². The van der Waals surface area contributed by atoms with Crippen LogP contribution in [0.1, 0.15) is 24.1 Å². The molecule has 9 heteroatoms. The number of piperazine rings is 1. The number of halogens is 3. The Balaban J connectivity index is 1.77. The average molecular weight is 380 g/mol. The summed E-state index contributed by atoms with van der Waals surface area (Å²) in [6.07, 6.45) is -1.17. The van der Waals surface area contributed by atoms with Crippen molar-refractivity contribution >= 4 is 11.4 Å². The molecule has 2 aromatic rings. The first-order valence-electron chi connectivity index (χ1n) is 8.52. The van der Waals surface area contributed by atoms with Gasteiger partial charge in [0, 0.05) is 62.4 Å². The van der Waals surface area contributed by atoms with Crippen LogP contribution in [0.15, 0.2) is 42.7 Å². The third-order valence-corrected chi connectivity index (χ3v) is 4.87. The zero-order valence-corrected chi connectivity index (χ0v) is 14.7. The second kappa shape index (κ2) is 7.51. The van der Waals surface area contributed by atoms with E-state index in [2.05, 4.69) is 9.88 Å². The van der Waals surface area contributed by atoms with E-state index in [4.69, 9.17) is 0 Å². The summed E-state index contributed by atoms with van der Waals surface area (Å²) in [4.78, 5) is 18.0. The zero-order chi connectivity index (χ0) is 19.6. The molecule has 0 aliphatic carbocycles. The number of alkyl halides is 3. The van der Waals surface area contributed by atoms with Gasteiger partial charge in [0.1, 0.15) is 0 Å². The van der Waals surface area contributed by atoms with Gasteiger partial charge >= 0.3 is 6.18 Å². The Kier molecular flexibility index (Phi) is 5.31. The molecule has 1 saturated heterocycles. The molecule has 2 heterocycles. The molecular formula is C18H19F3N4O2. The molecule has 1 aromatic heterocycles. The van der Waals surface area contributed by atoms with E-state index in [9.17, 15) is 23.3 Å². The van der Waals surface area contributed by atoms with E-state index in [1.807, 2.05) is 19.1 Å². The van der Waals surface area contributed by atoms with Crippen molar-refractivity contribution in [3.8, 4) is 0 Å². The molecule has 0 N–H and O–H groups in total. The SMILES string of the molecule is CC(c1cccnc1)N1CCN(c2ccc([N+](=O)[O-])cc2C(F)(F)F)CC1. The topological polar surface area (TPSA) is 62.5 Å². The minimum atomic E-state index is -4.65. The van der Waals surface area contributed by atoms with Crippen LogP contribution in [-0.4, -0.2) is 41.0 Å². The van der Waals surface area contributed by atoms with E-state index in [1.54, 1.807) is 17.3 Å². The molecule has 0 radical (unpaired) electrons. The van der Waals surface area contributed by atoms with E-state index in [0.717, 1.165) is 11.6 Å². The maximum Gasteiger partial charge on any atom is 0.418 e. The van der Waals surface area contributed by atoms with Gasteiger partial charge < -0.3 is 4.90 Å². The summed E-state index contributed by atoms with van der Waals surface area (Å²) in [5.41, 5.74) is -0.487. The molecule has 0 saturated carbocycles. The Bertz CT molecular complexity index is 806. The van der Waals surface area contributed by atoms with Crippen molar-refractivity contribution in [3.05, 3.63) is 64.0 Å². The number of rotatable bonds is 4. The number of hydrogen-bond acceptors (Lipinski definition) is 5. The fraction of sp³-hybridized carbons (Fsp3) is 0.389. The number of nitro groups is 1.